The van der Waals surface area contributed by atoms with E-state index in [2.05, 4.69) is 5.32 Å². The van der Waals surface area contributed by atoms with Crippen LogP contribution in [0.3, 0.4) is 0 Å². The van der Waals surface area contributed by atoms with E-state index in [0.29, 0.717) is 13.1 Å². The van der Waals surface area contributed by atoms with Crippen LogP contribution < -0.4 is 10.1 Å². The molecule has 1 saturated heterocycles. The van der Waals surface area contributed by atoms with Crippen molar-refractivity contribution < 1.29 is 14.8 Å². The van der Waals surface area contributed by atoms with Crippen LogP contribution in [0.2, 0.25) is 0 Å². The van der Waals surface area contributed by atoms with Crippen molar-refractivity contribution in [1.82, 2.24) is 5.32 Å². The first-order valence-electron chi connectivity index (χ1n) is 4.51. The first-order chi connectivity index (χ1) is 7.16. The van der Waals surface area contributed by atoms with Crippen LogP contribution in [0.5, 0.6) is 11.5 Å². The third kappa shape index (κ3) is 1.99. The molecular formula is C9H10N2O4. The molecule has 0 aliphatic carbocycles. The molecule has 1 aliphatic heterocycles. The van der Waals surface area contributed by atoms with Crippen molar-refractivity contribution in [2.24, 2.45) is 0 Å². The number of aromatic hydroxyl groups is 1. The van der Waals surface area contributed by atoms with Gasteiger partial charge in [-0.1, -0.05) is 0 Å². The fraction of sp³-hybridized carbons (Fsp3) is 0.333. The molecule has 0 atom stereocenters. The SMILES string of the molecule is O=[N+]([O-])c1ccc(O)c(OC2CNC2)c1. The Bertz CT molecular complexity index is 390. The number of benzene rings is 1. The second kappa shape index (κ2) is 3.74. The van der Waals surface area contributed by atoms with E-state index in [1.165, 1.54) is 18.2 Å². The number of nitrogens with zero attached hydrogens (tertiary/aromatic N) is 1. The van der Waals surface area contributed by atoms with Crippen molar-refractivity contribution in [3.63, 3.8) is 0 Å². The summed E-state index contributed by atoms with van der Waals surface area (Å²) in [4.78, 5) is 9.97. The molecule has 1 aromatic rings. The molecule has 6 heteroatoms. The third-order valence-corrected chi connectivity index (χ3v) is 2.19. The monoisotopic (exact) mass is 210 g/mol. The second-order valence-electron chi connectivity index (χ2n) is 3.31. The summed E-state index contributed by atoms with van der Waals surface area (Å²) in [6, 6.07) is 3.73. The number of hydrogen-bond acceptors (Lipinski definition) is 5. The average Bonchev–Trinajstić information content (AvgIpc) is 2.13. The van der Waals surface area contributed by atoms with Crippen LogP contribution in [-0.2, 0) is 0 Å². The third-order valence-electron chi connectivity index (χ3n) is 2.19. The molecule has 80 valence electrons. The Hall–Kier alpha value is -1.82. The minimum absolute atomic E-state index is 0.0158. The summed E-state index contributed by atoms with van der Waals surface area (Å²) < 4.78 is 5.35. The fourth-order valence-electron chi connectivity index (χ4n) is 1.24. The van der Waals surface area contributed by atoms with Crippen molar-refractivity contribution in [3.8, 4) is 11.5 Å². The number of ether oxygens (including phenoxy) is 1. The smallest absolute Gasteiger partial charge is 0.273 e. The molecule has 6 nitrogen and oxygen atoms in total. The van der Waals surface area contributed by atoms with Gasteiger partial charge in [0.15, 0.2) is 11.5 Å². The van der Waals surface area contributed by atoms with Crippen LogP contribution in [0.25, 0.3) is 0 Å². The lowest BCUT2D eigenvalue weighted by molar-refractivity contribution is -0.385. The quantitative estimate of drug-likeness (QED) is 0.565. The van der Waals surface area contributed by atoms with Gasteiger partial charge in [0.05, 0.1) is 11.0 Å². The number of hydrogen-bond donors (Lipinski definition) is 2. The standard InChI is InChI=1S/C9H10N2O4/c12-8-2-1-6(11(13)14)3-9(8)15-7-4-10-5-7/h1-3,7,10,12H,4-5H2. The van der Waals surface area contributed by atoms with E-state index in [1.807, 2.05) is 0 Å². The van der Waals surface area contributed by atoms with Crippen LogP contribution in [0.4, 0.5) is 5.69 Å². The van der Waals surface area contributed by atoms with E-state index < -0.39 is 4.92 Å². The molecule has 0 amide bonds. The number of rotatable bonds is 3. The van der Waals surface area contributed by atoms with Gasteiger partial charge in [-0.15, -0.1) is 0 Å². The van der Waals surface area contributed by atoms with Gasteiger partial charge in [-0.05, 0) is 6.07 Å². The maximum atomic E-state index is 10.5. The van der Waals surface area contributed by atoms with Crippen LogP contribution in [-0.4, -0.2) is 29.2 Å². The zero-order chi connectivity index (χ0) is 10.8. The Morgan fingerprint density at radius 3 is 2.80 bits per heavy atom. The Labute approximate surface area is 85.6 Å². The molecule has 2 N–H and O–H groups in total. The Balaban J connectivity index is 2.19. The Morgan fingerprint density at radius 1 is 1.53 bits per heavy atom. The molecule has 1 aliphatic rings. The zero-order valence-electron chi connectivity index (χ0n) is 7.84. The van der Waals surface area contributed by atoms with Gasteiger partial charge < -0.3 is 15.2 Å². The highest BCUT2D eigenvalue weighted by molar-refractivity contribution is 5.47. The Morgan fingerprint density at radius 2 is 2.27 bits per heavy atom. The molecule has 0 bridgehead atoms. The maximum absolute atomic E-state index is 10.5. The number of nitrogens with one attached hydrogen (secondary N) is 1. The predicted molar refractivity (Wildman–Crippen MR) is 52.0 cm³/mol. The molecule has 0 unspecified atom stereocenters. The summed E-state index contributed by atoms with van der Waals surface area (Å²) in [6.45, 7) is 1.39. The second-order valence-corrected chi connectivity index (χ2v) is 3.31. The summed E-state index contributed by atoms with van der Waals surface area (Å²) in [7, 11) is 0. The van der Waals surface area contributed by atoms with Crippen molar-refractivity contribution in [1.29, 1.82) is 0 Å². The summed E-state index contributed by atoms with van der Waals surface area (Å²) in [5, 5.41) is 22.9. The lowest BCUT2D eigenvalue weighted by Gasteiger charge is -2.27. The molecule has 0 saturated carbocycles. The highest BCUT2D eigenvalue weighted by Crippen LogP contribution is 2.31. The van der Waals surface area contributed by atoms with E-state index in [-0.39, 0.29) is 23.3 Å². The van der Waals surface area contributed by atoms with Crippen molar-refractivity contribution >= 4 is 5.69 Å². The van der Waals surface area contributed by atoms with Crippen molar-refractivity contribution in [2.45, 2.75) is 6.10 Å². The van der Waals surface area contributed by atoms with E-state index in [4.69, 9.17) is 4.74 Å². The van der Waals surface area contributed by atoms with Gasteiger partial charge >= 0.3 is 0 Å². The van der Waals surface area contributed by atoms with Gasteiger partial charge in [0.2, 0.25) is 0 Å². The first kappa shape index (κ1) is 9.72. The number of phenols is 1. The predicted octanol–water partition coefficient (Wildman–Crippen LogP) is 0.651. The molecule has 2 rings (SSSR count). The minimum Gasteiger partial charge on any atom is -0.504 e. The average molecular weight is 210 g/mol. The molecule has 0 radical (unpaired) electrons. The molecule has 0 spiro atoms. The zero-order valence-corrected chi connectivity index (χ0v) is 7.84. The van der Waals surface area contributed by atoms with Gasteiger partial charge in [0, 0.05) is 19.2 Å². The van der Waals surface area contributed by atoms with Crippen LogP contribution in [0.15, 0.2) is 18.2 Å². The van der Waals surface area contributed by atoms with Crippen molar-refractivity contribution in [3.05, 3.63) is 28.3 Å². The first-order valence-corrected chi connectivity index (χ1v) is 4.51. The summed E-state index contributed by atoms with van der Waals surface area (Å²) in [6.07, 6.45) is -0.0158. The Kier molecular flexibility index (Phi) is 2.42. The molecule has 15 heavy (non-hydrogen) atoms. The largest absolute Gasteiger partial charge is 0.504 e. The maximum Gasteiger partial charge on any atom is 0.273 e. The summed E-state index contributed by atoms with van der Waals surface area (Å²) in [5.74, 6) is 0.0863. The van der Waals surface area contributed by atoms with Crippen LogP contribution in [0, 0.1) is 10.1 Å². The van der Waals surface area contributed by atoms with Crippen LogP contribution in [0.1, 0.15) is 0 Å². The number of non-ortho nitro benzene ring substituents is 1. The van der Waals surface area contributed by atoms with Gasteiger partial charge in [-0.25, -0.2) is 0 Å². The molecule has 1 fully saturated rings. The van der Waals surface area contributed by atoms with E-state index in [9.17, 15) is 15.2 Å². The highest BCUT2D eigenvalue weighted by Gasteiger charge is 2.21. The molecule has 1 aromatic carbocycles. The van der Waals surface area contributed by atoms with E-state index >= 15 is 0 Å². The fourth-order valence-corrected chi connectivity index (χ4v) is 1.24. The molecular weight excluding hydrogens is 200 g/mol. The summed E-state index contributed by atoms with van der Waals surface area (Å²) >= 11 is 0. The molecule has 1 heterocycles. The van der Waals surface area contributed by atoms with Crippen LogP contribution >= 0.6 is 0 Å². The number of phenolic OH excluding ortho intramolecular Hbond substituents is 1. The highest BCUT2D eigenvalue weighted by atomic mass is 16.6. The lowest BCUT2D eigenvalue weighted by Crippen LogP contribution is -2.50. The number of nitro benzene ring substituents is 1. The van der Waals surface area contributed by atoms with Crippen molar-refractivity contribution in [2.75, 3.05) is 13.1 Å². The summed E-state index contributed by atoms with van der Waals surface area (Å²) in [5.41, 5.74) is -0.0879. The normalized spacial score (nSPS) is 15.7. The van der Waals surface area contributed by atoms with Gasteiger partial charge in [-0.2, -0.15) is 0 Å². The van der Waals surface area contributed by atoms with E-state index in [1.54, 1.807) is 0 Å². The van der Waals surface area contributed by atoms with Gasteiger partial charge in [-0.3, -0.25) is 10.1 Å². The molecule has 0 aromatic heterocycles. The topological polar surface area (TPSA) is 84.6 Å². The van der Waals surface area contributed by atoms with E-state index in [0.717, 1.165) is 0 Å². The lowest BCUT2D eigenvalue weighted by atomic mass is 10.2. The van der Waals surface area contributed by atoms with Gasteiger partial charge in [0.1, 0.15) is 6.10 Å². The van der Waals surface area contributed by atoms with Gasteiger partial charge in [0.25, 0.3) is 5.69 Å². The minimum atomic E-state index is -0.522. The number of nitro groups is 1.